The average molecular weight is 300 g/mol. The van der Waals surface area contributed by atoms with E-state index in [1.54, 1.807) is 7.11 Å². The SMILES string of the molecule is COCCNCc1cccc(Cl)c1N(C)CCN(C)C. The summed E-state index contributed by atoms with van der Waals surface area (Å²) < 4.78 is 5.04. The number of benzene rings is 1. The van der Waals surface area contributed by atoms with Gasteiger partial charge < -0.3 is 19.9 Å². The molecular formula is C15H26ClN3O. The number of para-hydroxylation sites is 1. The molecule has 0 fully saturated rings. The van der Waals surface area contributed by atoms with Crippen molar-refractivity contribution in [2.45, 2.75) is 6.54 Å². The lowest BCUT2D eigenvalue weighted by atomic mass is 10.1. The van der Waals surface area contributed by atoms with Crippen LogP contribution >= 0.6 is 11.6 Å². The Morgan fingerprint density at radius 1 is 1.20 bits per heavy atom. The first-order chi connectivity index (χ1) is 9.56. The maximum Gasteiger partial charge on any atom is 0.0642 e. The number of hydrogen-bond acceptors (Lipinski definition) is 4. The molecule has 0 saturated heterocycles. The number of hydrogen-bond donors (Lipinski definition) is 1. The van der Waals surface area contributed by atoms with E-state index in [-0.39, 0.29) is 0 Å². The van der Waals surface area contributed by atoms with Crippen LogP contribution < -0.4 is 10.2 Å². The molecule has 1 N–H and O–H groups in total. The summed E-state index contributed by atoms with van der Waals surface area (Å²) in [6.07, 6.45) is 0. The Morgan fingerprint density at radius 3 is 2.60 bits per heavy atom. The molecule has 0 aliphatic heterocycles. The smallest absolute Gasteiger partial charge is 0.0642 e. The van der Waals surface area contributed by atoms with Crippen molar-refractivity contribution in [2.24, 2.45) is 0 Å². The molecule has 114 valence electrons. The van der Waals surface area contributed by atoms with Crippen LogP contribution in [0.5, 0.6) is 0 Å². The summed E-state index contributed by atoms with van der Waals surface area (Å²) in [6.45, 7) is 4.29. The highest BCUT2D eigenvalue weighted by atomic mass is 35.5. The molecule has 1 aromatic carbocycles. The Balaban J connectivity index is 2.71. The number of nitrogens with one attached hydrogen (secondary N) is 1. The summed E-state index contributed by atoms with van der Waals surface area (Å²) in [7, 11) is 7.95. The van der Waals surface area contributed by atoms with Crippen LogP contribution in [0.25, 0.3) is 0 Å². The molecule has 1 aromatic rings. The van der Waals surface area contributed by atoms with Crippen molar-refractivity contribution in [1.29, 1.82) is 0 Å². The highest BCUT2D eigenvalue weighted by Gasteiger charge is 2.11. The summed E-state index contributed by atoms with van der Waals surface area (Å²) in [4.78, 5) is 4.39. The van der Waals surface area contributed by atoms with Gasteiger partial charge in [0.15, 0.2) is 0 Å². The summed E-state index contributed by atoms with van der Waals surface area (Å²) in [5.41, 5.74) is 2.33. The second-order valence-electron chi connectivity index (χ2n) is 5.14. The van der Waals surface area contributed by atoms with Gasteiger partial charge in [-0.25, -0.2) is 0 Å². The van der Waals surface area contributed by atoms with Crippen LogP contribution in [0.4, 0.5) is 5.69 Å². The van der Waals surface area contributed by atoms with E-state index in [2.05, 4.69) is 42.3 Å². The molecule has 0 unspecified atom stereocenters. The quantitative estimate of drug-likeness (QED) is 0.707. The molecule has 0 radical (unpaired) electrons. The van der Waals surface area contributed by atoms with E-state index in [9.17, 15) is 0 Å². The minimum Gasteiger partial charge on any atom is -0.383 e. The normalized spacial score (nSPS) is 11.1. The van der Waals surface area contributed by atoms with Gasteiger partial charge in [-0.1, -0.05) is 23.7 Å². The van der Waals surface area contributed by atoms with Gasteiger partial charge >= 0.3 is 0 Å². The Labute approximate surface area is 127 Å². The number of halogens is 1. The Hall–Kier alpha value is -0.810. The zero-order chi connectivity index (χ0) is 15.0. The lowest BCUT2D eigenvalue weighted by Crippen LogP contribution is -2.30. The van der Waals surface area contributed by atoms with Crippen LogP contribution in [0, 0.1) is 0 Å². The zero-order valence-corrected chi connectivity index (χ0v) is 13.7. The minimum atomic E-state index is 0.715. The van der Waals surface area contributed by atoms with E-state index in [0.717, 1.165) is 36.9 Å². The molecule has 0 amide bonds. The molecular weight excluding hydrogens is 274 g/mol. The van der Waals surface area contributed by atoms with Gasteiger partial charge in [0.2, 0.25) is 0 Å². The number of anilines is 1. The standard InChI is InChI=1S/C15H26ClN3O/c1-18(2)9-10-19(3)15-13(6-5-7-14(15)16)12-17-8-11-20-4/h5-7,17H,8-12H2,1-4H3. The molecule has 0 bridgehead atoms. The van der Waals surface area contributed by atoms with Crippen molar-refractivity contribution in [2.75, 3.05) is 59.4 Å². The highest BCUT2D eigenvalue weighted by molar-refractivity contribution is 6.33. The van der Waals surface area contributed by atoms with Crippen molar-refractivity contribution in [3.05, 3.63) is 28.8 Å². The van der Waals surface area contributed by atoms with Crippen molar-refractivity contribution in [1.82, 2.24) is 10.2 Å². The van der Waals surface area contributed by atoms with Crippen LogP contribution in [0.3, 0.4) is 0 Å². The molecule has 0 spiro atoms. The fraction of sp³-hybridized carbons (Fsp3) is 0.600. The predicted molar refractivity (Wildman–Crippen MR) is 86.9 cm³/mol. The summed E-state index contributed by atoms with van der Waals surface area (Å²) in [5.74, 6) is 0. The molecule has 0 aliphatic carbocycles. The van der Waals surface area contributed by atoms with Gasteiger partial charge in [-0.15, -0.1) is 0 Å². The first-order valence-corrected chi connectivity index (χ1v) is 7.27. The van der Waals surface area contributed by atoms with Crippen LogP contribution in [0.1, 0.15) is 5.56 Å². The Kier molecular flexibility index (Phi) is 7.92. The number of ether oxygens (including phenoxy) is 1. The van der Waals surface area contributed by atoms with Gasteiger partial charge in [-0.05, 0) is 25.7 Å². The van der Waals surface area contributed by atoms with Gasteiger partial charge in [-0.3, -0.25) is 0 Å². The molecule has 5 heteroatoms. The molecule has 0 atom stereocenters. The van der Waals surface area contributed by atoms with E-state index in [1.165, 1.54) is 5.56 Å². The highest BCUT2D eigenvalue weighted by Crippen LogP contribution is 2.29. The van der Waals surface area contributed by atoms with Crippen LogP contribution in [-0.4, -0.2) is 59.4 Å². The first-order valence-electron chi connectivity index (χ1n) is 6.89. The summed E-state index contributed by atoms with van der Waals surface area (Å²) in [5, 5.41) is 4.17. The number of likely N-dealkylation sites (N-methyl/N-ethyl adjacent to an activating group) is 2. The summed E-state index contributed by atoms with van der Waals surface area (Å²) >= 11 is 6.37. The molecule has 0 aliphatic rings. The number of rotatable bonds is 9. The third-order valence-electron chi connectivity index (χ3n) is 3.13. The first kappa shape index (κ1) is 17.2. The fourth-order valence-corrected chi connectivity index (χ4v) is 2.33. The number of methoxy groups -OCH3 is 1. The van der Waals surface area contributed by atoms with Crippen LogP contribution in [0.2, 0.25) is 5.02 Å². The van der Waals surface area contributed by atoms with Gasteiger partial charge in [0.25, 0.3) is 0 Å². The van der Waals surface area contributed by atoms with Crippen molar-refractivity contribution in [3.63, 3.8) is 0 Å². The van der Waals surface area contributed by atoms with Gasteiger partial charge in [-0.2, -0.15) is 0 Å². The van der Waals surface area contributed by atoms with E-state index >= 15 is 0 Å². The molecule has 1 rings (SSSR count). The van der Waals surface area contributed by atoms with Gasteiger partial charge in [0, 0.05) is 40.3 Å². The maximum atomic E-state index is 6.37. The molecule has 0 aromatic heterocycles. The lowest BCUT2D eigenvalue weighted by molar-refractivity contribution is 0.199. The molecule has 20 heavy (non-hydrogen) atoms. The van der Waals surface area contributed by atoms with Gasteiger partial charge in [0.05, 0.1) is 17.3 Å². The van der Waals surface area contributed by atoms with Crippen LogP contribution in [-0.2, 0) is 11.3 Å². The second kappa shape index (κ2) is 9.19. The molecule has 4 nitrogen and oxygen atoms in total. The number of nitrogens with zero attached hydrogens (tertiary/aromatic N) is 2. The zero-order valence-electron chi connectivity index (χ0n) is 12.9. The van der Waals surface area contributed by atoms with Crippen molar-refractivity contribution >= 4 is 17.3 Å². The predicted octanol–water partition coefficient (Wildman–Crippen LogP) is 2.07. The summed E-state index contributed by atoms with van der Waals surface area (Å²) in [6, 6.07) is 6.06. The average Bonchev–Trinajstić information content (AvgIpc) is 2.41. The van der Waals surface area contributed by atoms with Gasteiger partial charge in [0.1, 0.15) is 0 Å². The Morgan fingerprint density at radius 2 is 1.95 bits per heavy atom. The monoisotopic (exact) mass is 299 g/mol. The van der Waals surface area contributed by atoms with E-state index in [0.29, 0.717) is 6.61 Å². The molecule has 0 heterocycles. The van der Waals surface area contributed by atoms with Crippen molar-refractivity contribution < 1.29 is 4.74 Å². The van der Waals surface area contributed by atoms with E-state index in [4.69, 9.17) is 16.3 Å². The van der Waals surface area contributed by atoms with E-state index in [1.807, 2.05) is 12.1 Å². The second-order valence-corrected chi connectivity index (χ2v) is 5.55. The molecule has 0 saturated carbocycles. The topological polar surface area (TPSA) is 27.7 Å². The fourth-order valence-electron chi connectivity index (χ4n) is 1.99. The van der Waals surface area contributed by atoms with Crippen LogP contribution in [0.15, 0.2) is 18.2 Å². The minimum absolute atomic E-state index is 0.715. The largest absolute Gasteiger partial charge is 0.383 e. The lowest BCUT2D eigenvalue weighted by Gasteiger charge is -2.25. The van der Waals surface area contributed by atoms with Crippen molar-refractivity contribution in [3.8, 4) is 0 Å². The van der Waals surface area contributed by atoms with E-state index < -0.39 is 0 Å². The third kappa shape index (κ3) is 5.67. The third-order valence-corrected chi connectivity index (χ3v) is 3.44. The Bertz CT molecular complexity index is 399. The maximum absolute atomic E-state index is 6.37.